The van der Waals surface area contributed by atoms with Crippen LogP contribution in [0.5, 0.6) is 0 Å². The second kappa shape index (κ2) is 20.4. The molecule has 2 heterocycles. The Morgan fingerprint density at radius 1 is 0.585 bits per heavy atom. The predicted octanol–water partition coefficient (Wildman–Crippen LogP) is 8.74. The zero-order valence-corrected chi connectivity index (χ0v) is 31.8. The van der Waals surface area contributed by atoms with Gasteiger partial charge in [-0.3, -0.25) is 18.7 Å². The van der Waals surface area contributed by atoms with Crippen LogP contribution in [0.3, 0.4) is 0 Å². The summed E-state index contributed by atoms with van der Waals surface area (Å²) in [7, 11) is 5.38. The number of aromatic nitrogens is 2. The first kappa shape index (κ1) is 40.1. The van der Waals surface area contributed by atoms with Gasteiger partial charge in [-0.2, -0.15) is 0 Å². The number of carbonyl (C=O) groups excluding carboxylic acids is 4. The van der Waals surface area contributed by atoms with Gasteiger partial charge in [0.05, 0.1) is 51.8 Å². The van der Waals surface area contributed by atoms with Gasteiger partial charge in [-0.05, 0) is 53.6 Å². The third kappa shape index (κ3) is 10.7. The van der Waals surface area contributed by atoms with E-state index in [4.69, 9.17) is 14.2 Å². The zero-order chi connectivity index (χ0) is 38.2. The lowest BCUT2D eigenvalue weighted by molar-refractivity contribution is -0.142. The molecule has 0 bridgehead atoms. The molecule has 1 atom stereocenters. The Morgan fingerprint density at radius 3 is 1.60 bits per heavy atom. The van der Waals surface area contributed by atoms with Crippen molar-refractivity contribution < 1.29 is 38.1 Å². The Kier molecular flexibility index (Phi) is 15.4. The van der Waals surface area contributed by atoms with E-state index in [9.17, 15) is 19.2 Å². The maximum Gasteiger partial charge on any atom is 0.418 e. The number of nitrogens with zero attached hydrogens (tertiary/aromatic N) is 2. The van der Waals surface area contributed by atoms with Crippen molar-refractivity contribution >= 4 is 61.9 Å². The molecule has 6 rings (SSSR count). The third-order valence-electron chi connectivity index (χ3n) is 8.49. The van der Waals surface area contributed by atoms with Crippen LogP contribution >= 0.6 is 15.9 Å². The highest BCUT2D eigenvalue weighted by Gasteiger charge is 2.27. The summed E-state index contributed by atoms with van der Waals surface area (Å²) < 4.78 is 22.0. The monoisotopic (exact) mass is 782 g/mol. The molecule has 2 aromatic heterocycles. The lowest BCUT2D eigenvalue weighted by atomic mass is 9.92. The van der Waals surface area contributed by atoms with Crippen LogP contribution in [-0.2, 0) is 47.8 Å². The number of para-hydroxylation sites is 2. The fraction of sp³-hybridized carbons (Fsp3) is 0.238. The largest absolute Gasteiger partial charge is 0.469 e. The number of alkyl halides is 1. The number of methoxy groups -OCH3 is 4. The number of hydrogen-bond donors (Lipinski definition) is 0. The number of aryl methyl sites for hydroxylation is 2. The predicted molar refractivity (Wildman–Crippen MR) is 209 cm³/mol. The van der Waals surface area contributed by atoms with Crippen LogP contribution in [-0.4, -0.2) is 67.0 Å². The van der Waals surface area contributed by atoms with Crippen LogP contribution in [0.25, 0.3) is 21.8 Å². The number of halogens is 1. The van der Waals surface area contributed by atoms with Gasteiger partial charge in [0.15, 0.2) is 0 Å². The molecule has 0 aliphatic carbocycles. The topological polar surface area (TPSA) is 115 Å². The molecule has 0 spiro atoms. The number of ether oxygens (including phenoxy) is 4. The van der Waals surface area contributed by atoms with Crippen LogP contribution in [0.1, 0.15) is 34.6 Å². The first-order chi connectivity index (χ1) is 25.8. The minimum absolute atomic E-state index is 0.126. The van der Waals surface area contributed by atoms with E-state index >= 15 is 0 Å². The maximum atomic E-state index is 12.5. The number of hydrogen-bond acceptors (Lipinski definition) is 8. The quantitative estimate of drug-likeness (QED) is 0.0813. The Balaban J connectivity index is 0.000000200. The lowest BCUT2D eigenvalue weighted by Crippen LogP contribution is -2.15. The van der Waals surface area contributed by atoms with E-state index in [-0.39, 0.29) is 18.4 Å². The van der Waals surface area contributed by atoms with Gasteiger partial charge < -0.3 is 18.9 Å². The Bertz CT molecular complexity index is 2110. The average Bonchev–Trinajstić information content (AvgIpc) is 3.77. The third-order valence-corrected chi connectivity index (χ3v) is 8.89. The summed E-state index contributed by atoms with van der Waals surface area (Å²) in [6.07, 6.45) is 4.89. The Labute approximate surface area is 317 Å². The van der Waals surface area contributed by atoms with Crippen molar-refractivity contribution in [3.8, 4) is 0 Å². The van der Waals surface area contributed by atoms with Gasteiger partial charge in [0, 0.05) is 28.5 Å². The van der Waals surface area contributed by atoms with Crippen LogP contribution in [0.2, 0.25) is 0 Å². The first-order valence-electron chi connectivity index (χ1n) is 16.9. The lowest BCUT2D eigenvalue weighted by Gasteiger charge is -2.14. The number of benzene rings is 4. The molecule has 0 saturated heterocycles. The van der Waals surface area contributed by atoms with Crippen molar-refractivity contribution in [2.45, 2.75) is 31.6 Å². The van der Waals surface area contributed by atoms with Crippen molar-refractivity contribution in [3.05, 3.63) is 144 Å². The van der Waals surface area contributed by atoms with Crippen molar-refractivity contribution in [2.75, 3.05) is 33.8 Å². The summed E-state index contributed by atoms with van der Waals surface area (Å²) >= 11 is 3.39. The van der Waals surface area contributed by atoms with Crippen LogP contribution in [0.15, 0.2) is 122 Å². The van der Waals surface area contributed by atoms with Crippen molar-refractivity contribution in [2.24, 2.45) is 0 Å². The number of esters is 2. The fourth-order valence-electron chi connectivity index (χ4n) is 5.85. The van der Waals surface area contributed by atoms with Gasteiger partial charge in [0.25, 0.3) is 0 Å². The minimum Gasteiger partial charge on any atom is -0.469 e. The van der Waals surface area contributed by atoms with Gasteiger partial charge in [0.2, 0.25) is 0 Å². The van der Waals surface area contributed by atoms with Crippen molar-refractivity contribution in [1.29, 1.82) is 0 Å². The standard InChI is InChI=1S/C21H21NO4.C13H13NO4.C8H9Br/c1-25-20(23)17(13-12-15-8-4-3-5-9-15)18-14-22(21(24)26-2)19-11-7-6-10-16(18)19;1-17-12(15)7-9-8-14(13(16)18-2)11-6-4-3-5-10(9)11;9-7-6-8-4-2-1-3-5-8/h3-11,14,17H,12-13H2,1-2H3;3-6,8H,7H2,1-2H3;1-5H,6-7H2. The molecule has 4 aromatic carbocycles. The highest BCUT2D eigenvalue weighted by molar-refractivity contribution is 9.09. The van der Waals surface area contributed by atoms with Crippen LogP contribution < -0.4 is 0 Å². The zero-order valence-electron chi connectivity index (χ0n) is 30.2. The van der Waals surface area contributed by atoms with Crippen molar-refractivity contribution in [3.63, 3.8) is 0 Å². The molecular formula is C42H43BrN2O8. The molecular weight excluding hydrogens is 740 g/mol. The molecule has 276 valence electrons. The molecule has 10 nitrogen and oxygen atoms in total. The molecule has 0 amide bonds. The molecule has 0 saturated carbocycles. The SMILES string of the molecule is BrCCc1ccccc1.COC(=O)C(CCc1ccccc1)c1cn(C(=O)OC)c2ccccc12.COC(=O)Cc1cn(C(=O)OC)c2ccccc12. The molecule has 53 heavy (non-hydrogen) atoms. The second-order valence-corrected chi connectivity index (χ2v) is 12.5. The highest BCUT2D eigenvalue weighted by Crippen LogP contribution is 2.32. The summed E-state index contributed by atoms with van der Waals surface area (Å²) in [5, 5.41) is 2.74. The van der Waals surface area contributed by atoms with E-state index in [1.165, 1.54) is 43.1 Å². The summed E-state index contributed by atoms with van der Waals surface area (Å²) in [5.41, 5.74) is 5.48. The molecule has 0 radical (unpaired) electrons. The summed E-state index contributed by atoms with van der Waals surface area (Å²) in [6.45, 7) is 0. The maximum absolute atomic E-state index is 12.5. The normalized spacial score (nSPS) is 11.0. The average molecular weight is 784 g/mol. The Morgan fingerprint density at radius 2 is 1.08 bits per heavy atom. The smallest absolute Gasteiger partial charge is 0.418 e. The van der Waals surface area contributed by atoms with Gasteiger partial charge in [-0.1, -0.05) is 113 Å². The van der Waals surface area contributed by atoms with E-state index < -0.39 is 18.1 Å². The van der Waals surface area contributed by atoms with Gasteiger partial charge >= 0.3 is 24.1 Å². The molecule has 0 fully saturated rings. The summed E-state index contributed by atoms with van der Waals surface area (Å²) in [6, 6.07) is 35.2. The molecule has 0 aliphatic heterocycles. The fourth-order valence-corrected chi connectivity index (χ4v) is 6.31. The minimum atomic E-state index is -0.487. The van der Waals surface area contributed by atoms with Gasteiger partial charge in [-0.15, -0.1) is 0 Å². The Hall–Kier alpha value is -5.68. The number of fused-ring (bicyclic) bond motifs is 2. The molecule has 0 N–H and O–H groups in total. The highest BCUT2D eigenvalue weighted by atomic mass is 79.9. The van der Waals surface area contributed by atoms with E-state index in [0.29, 0.717) is 17.5 Å². The van der Waals surface area contributed by atoms with Crippen LogP contribution in [0.4, 0.5) is 9.59 Å². The summed E-state index contributed by atoms with van der Waals surface area (Å²) in [5.74, 6) is -1.12. The van der Waals surface area contributed by atoms with Crippen LogP contribution in [0, 0.1) is 0 Å². The van der Waals surface area contributed by atoms with E-state index in [1.54, 1.807) is 18.5 Å². The second-order valence-electron chi connectivity index (χ2n) is 11.7. The number of rotatable bonds is 9. The molecule has 6 aromatic rings. The molecule has 11 heteroatoms. The van der Waals surface area contributed by atoms with E-state index in [0.717, 1.165) is 45.6 Å². The molecule has 0 aliphatic rings. The summed E-state index contributed by atoms with van der Waals surface area (Å²) in [4.78, 5) is 47.5. The van der Waals surface area contributed by atoms with Crippen molar-refractivity contribution in [1.82, 2.24) is 9.13 Å². The van der Waals surface area contributed by atoms with Gasteiger partial charge in [-0.25, -0.2) is 9.59 Å². The van der Waals surface area contributed by atoms with E-state index in [1.807, 2.05) is 78.9 Å². The first-order valence-corrected chi connectivity index (χ1v) is 18.0. The van der Waals surface area contributed by atoms with Gasteiger partial charge in [0.1, 0.15) is 0 Å². The van der Waals surface area contributed by atoms with E-state index in [2.05, 4.69) is 44.9 Å². The number of carbonyl (C=O) groups is 4. The molecule has 1 unspecified atom stereocenters.